The molecule has 2 rings (SSSR count). The third-order valence-corrected chi connectivity index (χ3v) is 4.08. The van der Waals surface area contributed by atoms with Gasteiger partial charge >= 0.3 is 0 Å². The molecule has 0 radical (unpaired) electrons. The molecule has 1 saturated heterocycles. The number of hydrogen-bond acceptors (Lipinski definition) is 1. The van der Waals surface area contributed by atoms with Crippen molar-refractivity contribution in [1.82, 2.24) is 4.90 Å². The highest BCUT2D eigenvalue weighted by atomic mass is 79.9. The highest BCUT2D eigenvalue weighted by molar-refractivity contribution is 9.10. The van der Waals surface area contributed by atoms with Gasteiger partial charge in [0.2, 0.25) is 5.91 Å². The second kappa shape index (κ2) is 5.40. The van der Waals surface area contributed by atoms with Crippen molar-refractivity contribution < 1.29 is 4.79 Å². The zero-order valence-electron chi connectivity index (χ0n) is 9.75. The van der Waals surface area contributed by atoms with Crippen LogP contribution in [-0.2, 0) is 11.2 Å². The van der Waals surface area contributed by atoms with E-state index in [0.29, 0.717) is 17.5 Å². The zero-order valence-corrected chi connectivity index (χ0v) is 12.1. The van der Waals surface area contributed by atoms with Crippen molar-refractivity contribution in [3.05, 3.63) is 33.3 Å². The van der Waals surface area contributed by atoms with Crippen molar-refractivity contribution in [2.75, 3.05) is 6.54 Å². The number of carbonyl (C=O) groups excluding carboxylic acids is 1. The summed E-state index contributed by atoms with van der Waals surface area (Å²) < 4.78 is 0.958. The standard InChI is InChI=1S/C13H15BrClNO/c1-9-3-2-6-16(9)13(17)8-10-7-11(14)4-5-12(10)15/h4-5,7,9H,2-3,6,8H2,1H3/t9-/m1/s1. The largest absolute Gasteiger partial charge is 0.340 e. The van der Waals surface area contributed by atoms with E-state index in [9.17, 15) is 4.79 Å². The molecule has 1 amide bonds. The number of benzene rings is 1. The Kier molecular flexibility index (Phi) is 4.10. The quantitative estimate of drug-likeness (QED) is 0.815. The second-order valence-electron chi connectivity index (χ2n) is 4.49. The molecule has 0 N–H and O–H groups in total. The SMILES string of the molecule is C[C@@H]1CCCN1C(=O)Cc1cc(Br)ccc1Cl. The monoisotopic (exact) mass is 315 g/mol. The molecule has 1 atom stereocenters. The fourth-order valence-corrected chi connectivity index (χ4v) is 2.84. The van der Waals surface area contributed by atoms with Gasteiger partial charge in [0.05, 0.1) is 6.42 Å². The summed E-state index contributed by atoms with van der Waals surface area (Å²) in [5, 5.41) is 0.661. The van der Waals surface area contributed by atoms with Gasteiger partial charge in [-0.25, -0.2) is 0 Å². The van der Waals surface area contributed by atoms with Gasteiger partial charge in [0.1, 0.15) is 0 Å². The molecule has 1 aromatic rings. The highest BCUT2D eigenvalue weighted by Crippen LogP contribution is 2.23. The van der Waals surface area contributed by atoms with Crippen LogP contribution in [0.15, 0.2) is 22.7 Å². The van der Waals surface area contributed by atoms with Crippen LogP contribution in [0.1, 0.15) is 25.3 Å². The number of hydrogen-bond donors (Lipinski definition) is 0. The van der Waals surface area contributed by atoms with E-state index in [1.54, 1.807) is 0 Å². The van der Waals surface area contributed by atoms with Crippen LogP contribution in [0, 0.1) is 0 Å². The van der Waals surface area contributed by atoms with Gasteiger partial charge in [0.25, 0.3) is 0 Å². The van der Waals surface area contributed by atoms with E-state index >= 15 is 0 Å². The molecule has 0 unspecified atom stereocenters. The van der Waals surface area contributed by atoms with Crippen LogP contribution in [0.4, 0.5) is 0 Å². The maximum atomic E-state index is 12.1. The Bertz CT molecular complexity index is 435. The van der Waals surface area contributed by atoms with Crippen molar-refractivity contribution in [1.29, 1.82) is 0 Å². The van der Waals surface area contributed by atoms with Gasteiger partial charge in [-0.3, -0.25) is 4.79 Å². The summed E-state index contributed by atoms with van der Waals surface area (Å²) in [6.07, 6.45) is 2.61. The number of amides is 1. The average molecular weight is 317 g/mol. The first-order valence-electron chi connectivity index (χ1n) is 5.81. The fourth-order valence-electron chi connectivity index (χ4n) is 2.25. The van der Waals surface area contributed by atoms with Crippen LogP contribution < -0.4 is 0 Å². The summed E-state index contributed by atoms with van der Waals surface area (Å²) in [6, 6.07) is 5.99. The Morgan fingerprint density at radius 1 is 1.59 bits per heavy atom. The first kappa shape index (κ1) is 12.9. The Hall–Kier alpha value is -0.540. The average Bonchev–Trinajstić information content (AvgIpc) is 2.70. The maximum absolute atomic E-state index is 12.1. The molecule has 0 saturated carbocycles. The summed E-state index contributed by atoms with van der Waals surface area (Å²) in [4.78, 5) is 14.1. The Morgan fingerprint density at radius 3 is 3.00 bits per heavy atom. The molecule has 1 aromatic carbocycles. The molecule has 17 heavy (non-hydrogen) atoms. The van der Waals surface area contributed by atoms with Crippen molar-refractivity contribution in [2.45, 2.75) is 32.2 Å². The predicted octanol–water partition coefficient (Wildman–Crippen LogP) is 3.66. The Morgan fingerprint density at radius 2 is 2.35 bits per heavy atom. The lowest BCUT2D eigenvalue weighted by atomic mass is 10.1. The first-order valence-corrected chi connectivity index (χ1v) is 6.98. The van der Waals surface area contributed by atoms with Crippen LogP contribution >= 0.6 is 27.5 Å². The lowest BCUT2D eigenvalue weighted by molar-refractivity contribution is -0.130. The van der Waals surface area contributed by atoms with E-state index in [1.165, 1.54) is 0 Å². The van der Waals surface area contributed by atoms with Crippen molar-refractivity contribution >= 4 is 33.4 Å². The van der Waals surface area contributed by atoms with E-state index in [4.69, 9.17) is 11.6 Å². The Labute approximate surface area is 115 Å². The third-order valence-electron chi connectivity index (χ3n) is 3.22. The molecule has 1 aliphatic heterocycles. The first-order chi connectivity index (χ1) is 8.08. The maximum Gasteiger partial charge on any atom is 0.227 e. The minimum Gasteiger partial charge on any atom is -0.340 e. The second-order valence-corrected chi connectivity index (χ2v) is 5.81. The molecule has 92 valence electrons. The number of halogens is 2. The molecule has 0 aliphatic carbocycles. The smallest absolute Gasteiger partial charge is 0.227 e. The lowest BCUT2D eigenvalue weighted by Crippen LogP contribution is -2.34. The van der Waals surface area contributed by atoms with Crippen LogP contribution in [0.5, 0.6) is 0 Å². The molecular formula is C13H15BrClNO. The van der Waals surface area contributed by atoms with Gasteiger partial charge in [-0.15, -0.1) is 0 Å². The minimum absolute atomic E-state index is 0.176. The number of rotatable bonds is 2. The number of likely N-dealkylation sites (tertiary alicyclic amines) is 1. The van der Waals surface area contributed by atoms with Crippen molar-refractivity contribution in [3.63, 3.8) is 0 Å². The molecular weight excluding hydrogens is 302 g/mol. The Balaban J connectivity index is 2.10. The zero-order chi connectivity index (χ0) is 12.4. The van der Waals surface area contributed by atoms with Crippen LogP contribution in [0.25, 0.3) is 0 Å². The third kappa shape index (κ3) is 3.02. The van der Waals surface area contributed by atoms with Crippen LogP contribution in [0.3, 0.4) is 0 Å². The molecule has 2 nitrogen and oxygen atoms in total. The molecule has 0 spiro atoms. The van der Waals surface area contributed by atoms with E-state index < -0.39 is 0 Å². The fraction of sp³-hybridized carbons (Fsp3) is 0.462. The topological polar surface area (TPSA) is 20.3 Å². The minimum atomic E-state index is 0.176. The van der Waals surface area contributed by atoms with Gasteiger partial charge < -0.3 is 4.90 Å². The van der Waals surface area contributed by atoms with Crippen LogP contribution in [-0.4, -0.2) is 23.4 Å². The van der Waals surface area contributed by atoms with Gasteiger partial charge in [0.15, 0.2) is 0 Å². The molecule has 1 fully saturated rings. The van der Waals surface area contributed by atoms with Gasteiger partial charge in [0, 0.05) is 22.1 Å². The van der Waals surface area contributed by atoms with E-state index in [1.807, 2.05) is 23.1 Å². The number of nitrogens with zero attached hydrogens (tertiary/aromatic N) is 1. The normalized spacial score (nSPS) is 19.7. The van der Waals surface area contributed by atoms with Gasteiger partial charge in [-0.2, -0.15) is 0 Å². The summed E-state index contributed by atoms with van der Waals surface area (Å²) in [5.41, 5.74) is 0.894. The summed E-state index contributed by atoms with van der Waals surface area (Å²) in [6.45, 7) is 2.99. The molecule has 0 aromatic heterocycles. The van der Waals surface area contributed by atoms with Gasteiger partial charge in [-0.1, -0.05) is 27.5 Å². The number of carbonyl (C=O) groups is 1. The summed E-state index contributed by atoms with van der Waals surface area (Å²) in [5.74, 6) is 0.176. The summed E-state index contributed by atoms with van der Waals surface area (Å²) in [7, 11) is 0. The lowest BCUT2D eigenvalue weighted by Gasteiger charge is -2.21. The molecule has 1 heterocycles. The van der Waals surface area contributed by atoms with E-state index in [-0.39, 0.29) is 5.91 Å². The highest BCUT2D eigenvalue weighted by Gasteiger charge is 2.25. The predicted molar refractivity (Wildman–Crippen MR) is 73.3 cm³/mol. The van der Waals surface area contributed by atoms with Gasteiger partial charge in [-0.05, 0) is 43.5 Å². The van der Waals surface area contributed by atoms with E-state index in [0.717, 1.165) is 29.4 Å². The van der Waals surface area contributed by atoms with E-state index in [2.05, 4.69) is 22.9 Å². The van der Waals surface area contributed by atoms with Crippen molar-refractivity contribution in [3.8, 4) is 0 Å². The van der Waals surface area contributed by atoms with Crippen LogP contribution in [0.2, 0.25) is 5.02 Å². The molecule has 0 bridgehead atoms. The molecule has 1 aliphatic rings. The van der Waals surface area contributed by atoms with Crippen molar-refractivity contribution in [2.24, 2.45) is 0 Å². The molecule has 4 heteroatoms. The summed E-state index contributed by atoms with van der Waals surface area (Å²) >= 11 is 9.49.